The van der Waals surface area contributed by atoms with Crippen LogP contribution in [0.25, 0.3) is 0 Å². The van der Waals surface area contributed by atoms with Gasteiger partial charge < -0.3 is 25.2 Å². The number of benzene rings is 1. The summed E-state index contributed by atoms with van der Waals surface area (Å²) in [5, 5.41) is 22.7. The van der Waals surface area contributed by atoms with E-state index in [1.54, 1.807) is 32.7 Å². The van der Waals surface area contributed by atoms with E-state index in [4.69, 9.17) is 9.47 Å². The van der Waals surface area contributed by atoms with Crippen molar-refractivity contribution in [3.63, 3.8) is 0 Å². The van der Waals surface area contributed by atoms with Crippen molar-refractivity contribution in [1.29, 1.82) is 0 Å². The van der Waals surface area contributed by atoms with E-state index in [0.29, 0.717) is 19.4 Å². The monoisotopic (exact) mass is 633 g/mol. The summed E-state index contributed by atoms with van der Waals surface area (Å²) in [5.41, 5.74) is 1.72. The number of carbonyl (C=O) groups is 4. The average molecular weight is 634 g/mol. The van der Waals surface area contributed by atoms with E-state index in [1.165, 1.54) is 11.3 Å². The first-order valence-corrected chi connectivity index (χ1v) is 15.8. The summed E-state index contributed by atoms with van der Waals surface area (Å²) < 4.78 is 9.90. The zero-order valence-electron chi connectivity index (χ0n) is 26.4. The molecule has 0 aliphatic carbocycles. The molecule has 0 radical (unpaired) electrons. The SMILES string of the molecule is CCOC(=O)N[C@H](C(=O)NN(Cc1cccs1)C[C@H](CCc1ccccc1)NC(=O)[C@@](O)(NC(=O)OCC)C(C)C)C(C)C. The number of ether oxygens (including phenoxy) is 2. The van der Waals surface area contributed by atoms with Gasteiger partial charge >= 0.3 is 12.2 Å². The normalized spacial score (nSPS) is 14.0. The zero-order chi connectivity index (χ0) is 32.7. The van der Waals surface area contributed by atoms with Gasteiger partial charge in [0.1, 0.15) is 6.04 Å². The molecule has 1 heterocycles. The summed E-state index contributed by atoms with van der Waals surface area (Å²) in [6.07, 6.45) is -0.562. The Morgan fingerprint density at radius 3 is 2.16 bits per heavy atom. The quantitative estimate of drug-likeness (QED) is 0.131. The Labute approximate surface area is 263 Å². The van der Waals surface area contributed by atoms with E-state index in [2.05, 4.69) is 21.4 Å². The molecule has 0 saturated carbocycles. The Morgan fingerprint density at radius 1 is 0.932 bits per heavy atom. The highest BCUT2D eigenvalue weighted by Gasteiger charge is 2.42. The number of aryl methyl sites for hydroxylation is 1. The van der Waals surface area contributed by atoms with Crippen LogP contribution >= 0.6 is 11.3 Å². The molecule has 4 amide bonds. The third-order valence-electron chi connectivity index (χ3n) is 6.84. The van der Waals surface area contributed by atoms with Crippen LogP contribution in [0.4, 0.5) is 9.59 Å². The summed E-state index contributed by atoms with van der Waals surface area (Å²) in [5.74, 6) is -2.18. The molecule has 3 atom stereocenters. The van der Waals surface area contributed by atoms with Gasteiger partial charge in [-0.2, -0.15) is 0 Å². The maximum Gasteiger partial charge on any atom is 0.409 e. The molecule has 12 nitrogen and oxygen atoms in total. The smallest absolute Gasteiger partial charge is 0.409 e. The molecule has 44 heavy (non-hydrogen) atoms. The van der Waals surface area contributed by atoms with Crippen LogP contribution in [0, 0.1) is 11.8 Å². The predicted molar refractivity (Wildman–Crippen MR) is 168 cm³/mol. The van der Waals surface area contributed by atoms with Crippen molar-refractivity contribution in [3.05, 3.63) is 58.3 Å². The fraction of sp³-hybridized carbons (Fsp3) is 0.548. The van der Waals surface area contributed by atoms with Gasteiger partial charge in [0.05, 0.1) is 19.8 Å². The topological polar surface area (TPSA) is 158 Å². The minimum atomic E-state index is -2.24. The Bertz CT molecular complexity index is 1180. The number of nitrogens with one attached hydrogen (secondary N) is 4. The molecule has 0 saturated heterocycles. The van der Waals surface area contributed by atoms with Gasteiger partial charge in [-0.05, 0) is 49.6 Å². The molecule has 1 aromatic heterocycles. The molecule has 0 bridgehead atoms. The number of hydrogen-bond donors (Lipinski definition) is 5. The van der Waals surface area contributed by atoms with Crippen LogP contribution in [-0.4, -0.2) is 71.7 Å². The number of nitrogens with zero attached hydrogens (tertiary/aromatic N) is 1. The number of alkyl carbamates (subject to hydrolysis) is 2. The van der Waals surface area contributed by atoms with Crippen molar-refractivity contribution >= 4 is 35.3 Å². The maximum absolute atomic E-state index is 13.6. The second-order valence-electron chi connectivity index (χ2n) is 11.0. The Morgan fingerprint density at radius 2 is 1.59 bits per heavy atom. The molecule has 0 unspecified atom stereocenters. The van der Waals surface area contributed by atoms with E-state index < -0.39 is 47.7 Å². The largest absolute Gasteiger partial charge is 0.450 e. The minimum absolute atomic E-state index is 0.0705. The first-order chi connectivity index (χ1) is 20.9. The van der Waals surface area contributed by atoms with E-state index >= 15 is 0 Å². The number of hydrazine groups is 1. The first-order valence-electron chi connectivity index (χ1n) is 14.9. The molecule has 5 N–H and O–H groups in total. The van der Waals surface area contributed by atoms with Gasteiger partial charge in [-0.3, -0.25) is 20.3 Å². The molecular formula is C31H47N5O7S. The lowest BCUT2D eigenvalue weighted by molar-refractivity contribution is -0.149. The van der Waals surface area contributed by atoms with Gasteiger partial charge in [-0.1, -0.05) is 64.1 Å². The van der Waals surface area contributed by atoms with Crippen LogP contribution in [-0.2, 0) is 32.0 Å². The Hall–Kier alpha value is -3.68. The molecule has 2 rings (SSSR count). The number of hydrogen-bond acceptors (Lipinski definition) is 9. The van der Waals surface area contributed by atoms with Crippen molar-refractivity contribution in [2.75, 3.05) is 19.8 Å². The highest BCUT2D eigenvalue weighted by Crippen LogP contribution is 2.17. The summed E-state index contributed by atoms with van der Waals surface area (Å²) in [4.78, 5) is 52.4. The van der Waals surface area contributed by atoms with Gasteiger partial charge in [0.15, 0.2) is 0 Å². The van der Waals surface area contributed by atoms with E-state index in [1.807, 2.05) is 61.7 Å². The molecule has 1 aromatic carbocycles. The third-order valence-corrected chi connectivity index (χ3v) is 7.70. The standard InChI is InChI=1S/C31H47N5O7S/c1-7-42-29(39)33-26(21(3)4)27(37)35-36(20-25-15-12-18-44-25)19-24(17-16-23-13-10-9-11-14-23)32-28(38)31(41,22(5)6)34-30(40)43-8-2/h9-15,18,21-22,24,26,41H,7-8,16-17,19-20H2,1-6H3,(H,32,38)(H,33,39)(H,34,40)(H,35,37)/t24-,26-,31+/m0/s1. The summed E-state index contributed by atoms with van der Waals surface area (Å²) in [6.45, 7) is 10.8. The minimum Gasteiger partial charge on any atom is -0.450 e. The second kappa shape index (κ2) is 18.2. The highest BCUT2D eigenvalue weighted by atomic mass is 32.1. The molecule has 244 valence electrons. The molecule has 0 fully saturated rings. The van der Waals surface area contributed by atoms with Gasteiger partial charge in [0.25, 0.3) is 11.8 Å². The van der Waals surface area contributed by atoms with Gasteiger partial charge in [-0.25, -0.2) is 14.6 Å². The average Bonchev–Trinajstić information content (AvgIpc) is 3.48. The number of thiophene rings is 1. The van der Waals surface area contributed by atoms with Crippen LogP contribution in [0.5, 0.6) is 0 Å². The first kappa shape index (κ1) is 36.5. The second-order valence-corrected chi connectivity index (χ2v) is 12.0. The van der Waals surface area contributed by atoms with Crippen molar-refractivity contribution in [2.45, 2.75) is 78.7 Å². The number of amides is 4. The third kappa shape index (κ3) is 11.8. The Kier molecular flexibility index (Phi) is 15.1. The summed E-state index contributed by atoms with van der Waals surface area (Å²) in [6, 6.07) is 12.1. The number of carbonyl (C=O) groups excluding carboxylic acids is 4. The lowest BCUT2D eigenvalue weighted by Crippen LogP contribution is -2.64. The van der Waals surface area contributed by atoms with Crippen molar-refractivity contribution in [3.8, 4) is 0 Å². The van der Waals surface area contributed by atoms with Crippen LogP contribution in [0.2, 0.25) is 0 Å². The van der Waals surface area contributed by atoms with E-state index in [-0.39, 0.29) is 25.7 Å². The van der Waals surface area contributed by atoms with Crippen LogP contribution in [0.1, 0.15) is 58.4 Å². The molecule has 0 aliphatic heterocycles. The van der Waals surface area contributed by atoms with E-state index in [9.17, 15) is 24.3 Å². The summed E-state index contributed by atoms with van der Waals surface area (Å²) >= 11 is 1.51. The van der Waals surface area contributed by atoms with Crippen molar-refractivity contribution in [2.24, 2.45) is 11.8 Å². The molecule has 13 heteroatoms. The number of aliphatic hydroxyl groups is 1. The van der Waals surface area contributed by atoms with Crippen LogP contribution in [0.15, 0.2) is 47.8 Å². The fourth-order valence-corrected chi connectivity index (χ4v) is 5.06. The zero-order valence-corrected chi connectivity index (χ0v) is 27.2. The van der Waals surface area contributed by atoms with E-state index in [0.717, 1.165) is 10.4 Å². The highest BCUT2D eigenvalue weighted by molar-refractivity contribution is 7.09. The van der Waals surface area contributed by atoms with Gasteiger partial charge in [0, 0.05) is 23.4 Å². The van der Waals surface area contributed by atoms with Crippen LogP contribution < -0.4 is 21.4 Å². The lowest BCUT2D eigenvalue weighted by Gasteiger charge is -2.35. The lowest BCUT2D eigenvalue weighted by atomic mass is 9.97. The molecule has 2 aromatic rings. The molecule has 0 aliphatic rings. The molecule has 0 spiro atoms. The van der Waals surface area contributed by atoms with Gasteiger partial charge in [-0.15, -0.1) is 11.3 Å². The summed E-state index contributed by atoms with van der Waals surface area (Å²) in [7, 11) is 0. The molecular weight excluding hydrogens is 586 g/mol. The fourth-order valence-electron chi connectivity index (χ4n) is 4.34. The van der Waals surface area contributed by atoms with Crippen LogP contribution in [0.3, 0.4) is 0 Å². The maximum atomic E-state index is 13.6. The predicted octanol–water partition coefficient (Wildman–Crippen LogP) is 3.56. The number of rotatable bonds is 17. The Balaban J connectivity index is 2.35. The van der Waals surface area contributed by atoms with Gasteiger partial charge in [0.2, 0.25) is 5.72 Å². The van der Waals surface area contributed by atoms with Crippen molar-refractivity contribution < 1.29 is 33.8 Å². The van der Waals surface area contributed by atoms with Crippen molar-refractivity contribution in [1.82, 2.24) is 26.4 Å².